The summed E-state index contributed by atoms with van der Waals surface area (Å²) in [5.41, 5.74) is 4.78. The van der Waals surface area contributed by atoms with E-state index in [4.69, 9.17) is 9.47 Å². The molecule has 0 aliphatic carbocycles. The van der Waals surface area contributed by atoms with Crippen LogP contribution in [-0.2, 0) is 9.59 Å². The zero-order chi connectivity index (χ0) is 26.7. The number of rotatable bonds is 12. The SMILES string of the molecule is CCOc1ccc(-[n+]2c(SCC(=O)N/N=C/c3ccccc3OCC(=O)[O-])n[nH]c2-c2ccccc2)cc1. The van der Waals surface area contributed by atoms with Crippen LogP contribution in [0.2, 0.25) is 0 Å². The molecule has 0 unspecified atom stereocenters. The summed E-state index contributed by atoms with van der Waals surface area (Å²) >= 11 is 1.25. The molecule has 194 valence electrons. The number of thioether (sulfide) groups is 1. The Kier molecular flexibility index (Phi) is 9.08. The highest BCUT2D eigenvalue weighted by molar-refractivity contribution is 7.99. The van der Waals surface area contributed by atoms with Crippen LogP contribution >= 0.6 is 11.8 Å². The summed E-state index contributed by atoms with van der Waals surface area (Å²) in [5, 5.41) is 22.8. The first-order chi connectivity index (χ1) is 18.5. The Hall–Kier alpha value is -4.64. The smallest absolute Gasteiger partial charge is 0.342 e. The molecule has 0 radical (unpaired) electrons. The first kappa shape index (κ1) is 26.4. The summed E-state index contributed by atoms with van der Waals surface area (Å²) in [6, 6.07) is 24.1. The van der Waals surface area contributed by atoms with Crippen LogP contribution in [0.3, 0.4) is 0 Å². The largest absolute Gasteiger partial charge is 0.546 e. The molecule has 0 aliphatic rings. The fraction of sp³-hybridized carbons (Fsp3) is 0.148. The molecule has 2 N–H and O–H groups in total. The summed E-state index contributed by atoms with van der Waals surface area (Å²) in [7, 11) is 0. The fourth-order valence-electron chi connectivity index (χ4n) is 3.47. The van der Waals surface area contributed by atoms with Crippen LogP contribution in [0.4, 0.5) is 0 Å². The van der Waals surface area contributed by atoms with Crippen LogP contribution in [0.1, 0.15) is 12.5 Å². The molecule has 0 atom stereocenters. The van der Waals surface area contributed by atoms with Gasteiger partial charge in [0, 0.05) is 5.56 Å². The van der Waals surface area contributed by atoms with Crippen molar-refractivity contribution in [1.82, 2.24) is 15.6 Å². The molecule has 0 bridgehead atoms. The van der Waals surface area contributed by atoms with Crippen LogP contribution < -0.4 is 24.6 Å². The predicted molar refractivity (Wildman–Crippen MR) is 140 cm³/mol. The van der Waals surface area contributed by atoms with Gasteiger partial charge in [0.05, 0.1) is 35.2 Å². The number of aromatic nitrogens is 3. The standard InChI is InChI=1S/C27H25N5O5S/c1-2-36-22-14-12-21(13-15-22)32-26(19-8-4-3-5-9-19)30-31-27(32)38-18-24(33)29-28-16-20-10-6-7-11-23(20)37-17-25(34)35/h3-16H,2,17-18H2,1H3,(H2,29,33,34,35)/b28-16+. The summed E-state index contributed by atoms with van der Waals surface area (Å²) in [6.45, 7) is 1.92. The lowest BCUT2D eigenvalue weighted by atomic mass is 10.2. The number of aliphatic carboxylic acids is 1. The molecule has 0 spiro atoms. The molecule has 4 rings (SSSR count). The van der Waals surface area contributed by atoms with E-state index in [1.54, 1.807) is 24.3 Å². The zero-order valence-corrected chi connectivity index (χ0v) is 21.3. The molecule has 0 saturated heterocycles. The second-order valence-electron chi connectivity index (χ2n) is 7.76. The molecular weight excluding hydrogens is 506 g/mol. The van der Waals surface area contributed by atoms with Crippen molar-refractivity contribution in [2.24, 2.45) is 5.10 Å². The van der Waals surface area contributed by atoms with Crippen molar-refractivity contribution in [3.8, 4) is 28.6 Å². The Morgan fingerprint density at radius 1 is 1.05 bits per heavy atom. The van der Waals surface area contributed by atoms with E-state index in [9.17, 15) is 14.7 Å². The molecule has 38 heavy (non-hydrogen) atoms. The molecule has 10 nitrogen and oxygen atoms in total. The minimum atomic E-state index is -1.33. The number of H-pyrrole nitrogens is 1. The van der Waals surface area contributed by atoms with Gasteiger partial charge in [-0.05, 0) is 67.2 Å². The maximum Gasteiger partial charge on any atom is 0.342 e. The third-order valence-corrected chi connectivity index (χ3v) is 6.05. The number of nitrogens with one attached hydrogen (secondary N) is 2. The summed E-state index contributed by atoms with van der Waals surface area (Å²) in [4.78, 5) is 23.2. The first-order valence-corrected chi connectivity index (χ1v) is 12.7. The van der Waals surface area contributed by atoms with Crippen molar-refractivity contribution in [2.45, 2.75) is 12.1 Å². The first-order valence-electron chi connectivity index (χ1n) is 11.7. The predicted octanol–water partition coefficient (Wildman–Crippen LogP) is 2.12. The lowest BCUT2D eigenvalue weighted by Crippen LogP contribution is -2.34. The van der Waals surface area contributed by atoms with Gasteiger partial charge in [0.25, 0.3) is 11.7 Å². The highest BCUT2D eigenvalue weighted by atomic mass is 32.2. The second-order valence-corrected chi connectivity index (χ2v) is 8.71. The monoisotopic (exact) mass is 531 g/mol. The molecule has 4 aromatic rings. The van der Waals surface area contributed by atoms with Gasteiger partial charge in [0.1, 0.15) is 23.8 Å². The Labute approximate surface area is 223 Å². The van der Waals surface area contributed by atoms with Gasteiger partial charge in [-0.25, -0.2) is 5.43 Å². The van der Waals surface area contributed by atoms with Gasteiger partial charge in [0.15, 0.2) is 0 Å². The fourth-order valence-corrected chi connectivity index (χ4v) is 4.23. The highest BCUT2D eigenvalue weighted by Gasteiger charge is 2.24. The number of para-hydroxylation sites is 1. The number of carboxylic acid groups (broad SMARTS) is 1. The van der Waals surface area contributed by atoms with Crippen molar-refractivity contribution in [1.29, 1.82) is 0 Å². The lowest BCUT2D eigenvalue weighted by molar-refractivity contribution is -0.625. The molecule has 11 heteroatoms. The molecule has 0 saturated carbocycles. The third-order valence-electron chi connectivity index (χ3n) is 5.12. The number of ether oxygens (including phenoxy) is 2. The summed E-state index contributed by atoms with van der Waals surface area (Å²) in [6.07, 6.45) is 1.38. The zero-order valence-electron chi connectivity index (χ0n) is 20.5. The third kappa shape index (κ3) is 6.98. The average Bonchev–Trinajstić information content (AvgIpc) is 3.36. The Morgan fingerprint density at radius 3 is 2.53 bits per heavy atom. The van der Waals surface area contributed by atoms with Crippen LogP contribution in [0.25, 0.3) is 17.1 Å². The van der Waals surface area contributed by atoms with E-state index in [0.717, 1.165) is 22.8 Å². The van der Waals surface area contributed by atoms with E-state index in [1.807, 2.05) is 66.1 Å². The van der Waals surface area contributed by atoms with Gasteiger partial charge >= 0.3 is 5.16 Å². The minimum Gasteiger partial charge on any atom is -0.546 e. The van der Waals surface area contributed by atoms with Crippen molar-refractivity contribution in [3.63, 3.8) is 0 Å². The summed E-state index contributed by atoms with van der Waals surface area (Å²) in [5.74, 6) is 0.213. The van der Waals surface area contributed by atoms with Crippen LogP contribution in [0.15, 0.2) is 89.1 Å². The number of nitrogens with zero attached hydrogens (tertiary/aromatic N) is 3. The number of hydrazone groups is 1. The maximum absolute atomic E-state index is 12.5. The van der Waals surface area contributed by atoms with Crippen LogP contribution in [0, 0.1) is 0 Å². The van der Waals surface area contributed by atoms with Crippen LogP contribution in [0.5, 0.6) is 11.5 Å². The molecule has 1 amide bonds. The Morgan fingerprint density at radius 2 is 1.79 bits per heavy atom. The van der Waals surface area contributed by atoms with E-state index >= 15 is 0 Å². The van der Waals surface area contributed by atoms with E-state index in [0.29, 0.717) is 23.1 Å². The minimum absolute atomic E-state index is 0.0519. The number of carbonyl (C=O) groups is 2. The lowest BCUT2D eigenvalue weighted by Gasteiger charge is -2.09. The maximum atomic E-state index is 12.5. The molecule has 1 heterocycles. The number of aromatic amines is 1. The molecule has 3 aromatic carbocycles. The van der Waals surface area contributed by atoms with E-state index < -0.39 is 12.6 Å². The summed E-state index contributed by atoms with van der Waals surface area (Å²) < 4.78 is 12.7. The number of hydrogen-bond donors (Lipinski definition) is 2. The number of carboxylic acids is 1. The number of carbonyl (C=O) groups excluding carboxylic acids is 2. The molecule has 0 aliphatic heterocycles. The van der Waals surface area contributed by atoms with Gasteiger partial charge in [-0.3, -0.25) is 4.79 Å². The van der Waals surface area contributed by atoms with E-state index in [2.05, 4.69) is 20.7 Å². The van der Waals surface area contributed by atoms with Crippen LogP contribution in [-0.4, -0.2) is 47.3 Å². The van der Waals surface area contributed by atoms with Gasteiger partial charge in [-0.1, -0.05) is 30.3 Å². The highest BCUT2D eigenvalue weighted by Crippen LogP contribution is 2.22. The van der Waals surface area contributed by atoms with Crippen molar-refractivity contribution in [2.75, 3.05) is 19.0 Å². The normalized spacial score (nSPS) is 10.9. The number of benzene rings is 3. The van der Waals surface area contributed by atoms with Gasteiger partial charge in [0.2, 0.25) is 0 Å². The van der Waals surface area contributed by atoms with Gasteiger partial charge in [-0.15, -0.1) is 5.10 Å². The van der Waals surface area contributed by atoms with E-state index in [1.165, 1.54) is 18.0 Å². The molecular formula is C27H25N5O5S. The van der Waals surface area contributed by atoms with Crippen molar-refractivity contribution >= 4 is 29.9 Å². The second kappa shape index (κ2) is 13.1. The number of hydrogen-bond acceptors (Lipinski definition) is 8. The van der Waals surface area contributed by atoms with Gasteiger partial charge < -0.3 is 19.4 Å². The molecule has 1 aromatic heterocycles. The van der Waals surface area contributed by atoms with Crippen molar-refractivity contribution in [3.05, 3.63) is 84.4 Å². The quantitative estimate of drug-likeness (QED) is 0.124. The Bertz CT molecular complexity index is 1410. The average molecular weight is 532 g/mol. The van der Waals surface area contributed by atoms with E-state index in [-0.39, 0.29) is 11.7 Å². The number of amides is 1. The topological polar surface area (TPSA) is 133 Å². The molecule has 0 fully saturated rings. The van der Waals surface area contributed by atoms with Gasteiger partial charge in [-0.2, -0.15) is 9.67 Å². The Balaban J connectivity index is 1.46. The van der Waals surface area contributed by atoms with Crippen molar-refractivity contribution < 1.29 is 28.7 Å².